The first kappa shape index (κ1) is 22.6. The van der Waals surface area contributed by atoms with Gasteiger partial charge in [-0.2, -0.15) is 13.1 Å². The highest BCUT2D eigenvalue weighted by Gasteiger charge is 2.43. The highest BCUT2D eigenvalue weighted by molar-refractivity contribution is 7.96. The van der Waals surface area contributed by atoms with Gasteiger partial charge in [0.25, 0.3) is 0 Å². The number of carbonyl (C=O) groups is 1. The van der Waals surface area contributed by atoms with Gasteiger partial charge in [-0.3, -0.25) is 5.04 Å². The van der Waals surface area contributed by atoms with Crippen molar-refractivity contribution < 1.29 is 32.9 Å². The van der Waals surface area contributed by atoms with E-state index in [4.69, 9.17) is 0 Å². The number of carbonyl (C=O) groups excluding carboxylic acids is 1. The molecule has 0 amide bonds. The number of ether oxygens (including phenoxy) is 1. The van der Waals surface area contributed by atoms with Crippen LogP contribution in [0.2, 0.25) is 0 Å². The number of unbranched alkanes of at least 4 members (excludes halogenated alkanes) is 10. The molecule has 0 fully saturated rings. The Balaban J connectivity index is 3.37. The number of alkyl halides is 2. The van der Waals surface area contributed by atoms with Crippen molar-refractivity contribution in [3.05, 3.63) is 0 Å². The zero-order valence-electron chi connectivity index (χ0n) is 13.7. The zero-order chi connectivity index (χ0) is 17.4. The molecule has 0 unspecified atom stereocenters. The van der Waals surface area contributed by atoms with E-state index in [1.54, 1.807) is 0 Å². The Labute approximate surface area is 141 Å². The normalized spacial score (nSPS) is 11.7. The fourth-order valence-electron chi connectivity index (χ4n) is 2.11. The molecule has 0 bridgehead atoms. The van der Waals surface area contributed by atoms with E-state index in [0.717, 1.165) is 19.3 Å². The Hall–Kier alpha value is -0.440. The quantitative estimate of drug-likeness (QED) is 0.135. The maximum atomic E-state index is 13.0. The minimum Gasteiger partial charge on any atom is -0.691 e. The molecule has 23 heavy (non-hydrogen) atoms. The molecule has 8 heteroatoms. The van der Waals surface area contributed by atoms with Crippen molar-refractivity contribution in [3.63, 3.8) is 0 Å². The average Bonchev–Trinajstić information content (AvgIpc) is 2.53. The van der Waals surface area contributed by atoms with E-state index >= 15 is 0 Å². The first-order chi connectivity index (χ1) is 11.0. The van der Waals surface area contributed by atoms with E-state index in [9.17, 15) is 18.8 Å². The molecule has 0 aliphatic heterocycles. The molecule has 0 aromatic rings. The van der Waals surface area contributed by atoms with Crippen LogP contribution in [0.4, 0.5) is 8.78 Å². The molecule has 0 N–H and O–H groups in total. The van der Waals surface area contributed by atoms with Crippen LogP contribution in [0.1, 0.15) is 77.6 Å². The van der Waals surface area contributed by atoms with E-state index in [1.807, 2.05) is 0 Å². The second kappa shape index (κ2) is 15.1. The van der Waals surface area contributed by atoms with Gasteiger partial charge in [0, 0.05) is 0 Å². The van der Waals surface area contributed by atoms with Crippen molar-refractivity contribution >= 4 is 18.0 Å². The third kappa shape index (κ3) is 13.7. The molecule has 0 aliphatic rings. The van der Waals surface area contributed by atoms with Gasteiger partial charge in [0.05, 0.1) is 6.61 Å². The van der Waals surface area contributed by atoms with Crippen molar-refractivity contribution in [2.75, 3.05) is 6.61 Å². The highest BCUT2D eigenvalue weighted by Crippen LogP contribution is 2.31. The van der Waals surface area contributed by atoms with Crippen LogP contribution >= 0.6 is 12.0 Å². The summed E-state index contributed by atoms with van der Waals surface area (Å²) in [5, 5.41) is 8.27. The van der Waals surface area contributed by atoms with Crippen LogP contribution in [0.25, 0.3) is 0 Å². The third-order valence-electron chi connectivity index (χ3n) is 3.39. The summed E-state index contributed by atoms with van der Waals surface area (Å²) in [4.78, 5) is 11.0. The topological polar surface area (TPSA) is 67.8 Å². The molecule has 0 aliphatic carbocycles. The second-order valence-electron chi connectivity index (χ2n) is 5.41. The van der Waals surface area contributed by atoms with E-state index in [0.29, 0.717) is 6.42 Å². The van der Waals surface area contributed by atoms with Gasteiger partial charge in [-0.05, 0) is 6.42 Å². The molecule has 0 saturated carbocycles. The molecule has 0 radical (unpaired) electrons. The van der Waals surface area contributed by atoms with Crippen molar-refractivity contribution in [2.24, 2.45) is 0 Å². The number of rotatable bonds is 16. The Kier molecular flexibility index (Phi) is 14.8. The van der Waals surface area contributed by atoms with Crippen LogP contribution in [0, 0.1) is 0 Å². The van der Waals surface area contributed by atoms with Gasteiger partial charge in [0.1, 0.15) is 12.0 Å². The molecule has 0 aromatic heterocycles. The molecule has 0 spiro atoms. The monoisotopic (exact) mass is 357 g/mol. The standard InChI is InChI=1S/C15H28F2O5S/c1-2-3-4-5-6-7-8-9-10-11-12-13-20-14(18)15(16,17)23-22-21-19/h19H,2-13H2,1H3/p-1. The Morgan fingerprint density at radius 3 is 1.91 bits per heavy atom. The Morgan fingerprint density at radius 2 is 1.43 bits per heavy atom. The molecule has 0 rings (SSSR count). The second-order valence-corrected chi connectivity index (χ2v) is 6.22. The largest absolute Gasteiger partial charge is 0.691 e. The van der Waals surface area contributed by atoms with Crippen LogP contribution in [-0.4, -0.2) is 17.8 Å². The third-order valence-corrected chi connectivity index (χ3v) is 3.88. The summed E-state index contributed by atoms with van der Waals surface area (Å²) < 4.78 is 33.8. The molecular weight excluding hydrogens is 330 g/mol. The van der Waals surface area contributed by atoms with Crippen LogP contribution in [0.5, 0.6) is 0 Å². The van der Waals surface area contributed by atoms with Gasteiger partial charge in [-0.25, -0.2) is 4.79 Å². The molecule has 0 atom stereocenters. The van der Waals surface area contributed by atoms with Gasteiger partial charge < -0.3 is 9.99 Å². The van der Waals surface area contributed by atoms with Crippen molar-refractivity contribution in [2.45, 2.75) is 82.8 Å². The summed E-state index contributed by atoms with van der Waals surface area (Å²) in [5.74, 6) is -1.73. The summed E-state index contributed by atoms with van der Waals surface area (Å²) in [6, 6.07) is 0. The van der Waals surface area contributed by atoms with E-state index < -0.39 is 23.3 Å². The predicted molar refractivity (Wildman–Crippen MR) is 82.1 cm³/mol. The van der Waals surface area contributed by atoms with Gasteiger partial charge in [0.15, 0.2) is 0 Å². The van der Waals surface area contributed by atoms with Gasteiger partial charge in [-0.15, -0.1) is 0 Å². The minimum absolute atomic E-state index is 0.0652. The highest BCUT2D eigenvalue weighted by atomic mass is 32.2. The average molecular weight is 357 g/mol. The Bertz CT molecular complexity index is 293. The smallest absolute Gasteiger partial charge is 0.415 e. The minimum atomic E-state index is -3.94. The van der Waals surface area contributed by atoms with Crippen LogP contribution in [-0.2, 0) is 18.9 Å². The molecule has 0 heterocycles. The van der Waals surface area contributed by atoms with Gasteiger partial charge in [-0.1, -0.05) is 71.1 Å². The first-order valence-corrected chi connectivity index (χ1v) is 8.98. The van der Waals surface area contributed by atoms with Gasteiger partial charge >= 0.3 is 11.2 Å². The lowest BCUT2D eigenvalue weighted by atomic mass is 10.1. The first-order valence-electron chi connectivity index (χ1n) is 8.24. The maximum absolute atomic E-state index is 13.0. The van der Waals surface area contributed by atoms with E-state index in [1.165, 1.54) is 44.9 Å². The summed E-state index contributed by atoms with van der Waals surface area (Å²) in [5.41, 5.74) is 0. The summed E-state index contributed by atoms with van der Waals surface area (Å²) in [7, 11) is 0. The van der Waals surface area contributed by atoms with Gasteiger partial charge in [0.2, 0.25) is 0 Å². The molecular formula is C15H27F2O5S-. The van der Waals surface area contributed by atoms with Crippen LogP contribution < -0.4 is 5.26 Å². The fourth-order valence-corrected chi connectivity index (χ4v) is 2.35. The molecule has 138 valence electrons. The lowest BCUT2D eigenvalue weighted by molar-refractivity contribution is -0.777. The van der Waals surface area contributed by atoms with E-state index in [2.05, 4.69) is 21.0 Å². The number of esters is 1. The SMILES string of the molecule is CCCCCCCCCCCCCOC(=O)C(F)(F)SOO[O-]. The van der Waals surface area contributed by atoms with E-state index in [-0.39, 0.29) is 6.61 Å². The van der Waals surface area contributed by atoms with Crippen LogP contribution in [0.3, 0.4) is 0 Å². The fraction of sp³-hybridized carbons (Fsp3) is 0.933. The van der Waals surface area contributed by atoms with Crippen molar-refractivity contribution in [3.8, 4) is 0 Å². The summed E-state index contributed by atoms with van der Waals surface area (Å²) in [6.45, 7) is 2.14. The van der Waals surface area contributed by atoms with Crippen molar-refractivity contribution in [1.82, 2.24) is 0 Å². The number of hydrogen-bond donors (Lipinski definition) is 0. The lowest BCUT2D eigenvalue weighted by Crippen LogP contribution is -2.28. The molecule has 5 nitrogen and oxygen atoms in total. The number of hydrogen-bond acceptors (Lipinski definition) is 6. The predicted octanol–water partition coefficient (Wildman–Crippen LogP) is 4.31. The summed E-state index contributed by atoms with van der Waals surface area (Å²) in [6.07, 6.45) is 12.4. The maximum Gasteiger partial charge on any atom is 0.415 e. The summed E-state index contributed by atoms with van der Waals surface area (Å²) >= 11 is -0.672. The Morgan fingerprint density at radius 1 is 0.957 bits per heavy atom. The van der Waals surface area contributed by atoms with Crippen LogP contribution in [0.15, 0.2) is 0 Å². The zero-order valence-corrected chi connectivity index (χ0v) is 14.5. The van der Waals surface area contributed by atoms with Crippen molar-refractivity contribution in [1.29, 1.82) is 0 Å². The lowest BCUT2D eigenvalue weighted by Gasteiger charge is -2.13. The molecule has 0 saturated heterocycles. The molecule has 0 aromatic carbocycles. The number of halogens is 2.